The Morgan fingerprint density at radius 2 is 2.00 bits per heavy atom. The van der Waals surface area contributed by atoms with Crippen LogP contribution in [0.15, 0.2) is 29.1 Å². The first-order valence-electron chi connectivity index (χ1n) is 9.35. The summed E-state index contributed by atoms with van der Waals surface area (Å²) in [5.41, 5.74) is 8.69. The number of anilines is 4. The third-order valence-corrected chi connectivity index (χ3v) is 6.73. The van der Waals surface area contributed by atoms with Crippen LogP contribution < -0.4 is 20.9 Å². The van der Waals surface area contributed by atoms with Gasteiger partial charge in [-0.2, -0.15) is 0 Å². The van der Waals surface area contributed by atoms with Gasteiger partial charge in [0.15, 0.2) is 5.65 Å². The second-order valence-corrected chi connectivity index (χ2v) is 9.57. The van der Waals surface area contributed by atoms with E-state index >= 15 is 0 Å². The fraction of sp³-hybridized carbons (Fsp3) is 0.368. The molecule has 1 aliphatic carbocycles. The summed E-state index contributed by atoms with van der Waals surface area (Å²) in [6.45, 7) is 0. The summed E-state index contributed by atoms with van der Waals surface area (Å²) in [7, 11) is -0.355. The van der Waals surface area contributed by atoms with Gasteiger partial charge in [-0.05, 0) is 36.5 Å². The molecule has 0 aliphatic heterocycles. The summed E-state index contributed by atoms with van der Waals surface area (Å²) in [6, 6.07) is 7.33. The first-order chi connectivity index (χ1) is 13.6. The molecule has 0 spiro atoms. The van der Waals surface area contributed by atoms with E-state index in [4.69, 9.17) is 5.73 Å². The molecule has 3 aromatic rings. The highest BCUT2D eigenvalue weighted by Crippen LogP contribution is 2.40. The predicted molar refractivity (Wildman–Crippen MR) is 115 cm³/mol. The lowest BCUT2D eigenvalue weighted by molar-refractivity contribution is 0.420. The molecule has 0 bridgehead atoms. The van der Waals surface area contributed by atoms with E-state index in [1.807, 2.05) is 18.2 Å². The summed E-state index contributed by atoms with van der Waals surface area (Å²) in [6.07, 6.45) is 4.57. The lowest BCUT2D eigenvalue weighted by Crippen LogP contribution is -2.26. The molecule has 0 amide bonds. The van der Waals surface area contributed by atoms with Gasteiger partial charge in [0.05, 0.1) is 23.3 Å². The Morgan fingerprint density at radius 1 is 1.28 bits per heavy atom. The van der Waals surface area contributed by atoms with Crippen LogP contribution in [0.3, 0.4) is 0 Å². The van der Waals surface area contributed by atoms with Gasteiger partial charge in [0, 0.05) is 20.2 Å². The predicted octanol–water partition coefficient (Wildman–Crippen LogP) is 2.25. The maximum atomic E-state index is 12.5. The molecule has 2 aromatic heterocycles. The lowest BCUT2D eigenvalue weighted by atomic mass is 9.80. The number of hydrogen-bond acceptors (Lipinski definition) is 6. The molecular formula is C19H24N6O3S. The number of aryl methyl sites for hydroxylation is 1. The number of hydrogen-bond donors (Lipinski definition) is 3. The Morgan fingerprint density at radius 3 is 2.62 bits per heavy atom. The van der Waals surface area contributed by atoms with Crippen LogP contribution >= 0.6 is 0 Å². The third kappa shape index (κ3) is 3.44. The van der Waals surface area contributed by atoms with E-state index in [0.717, 1.165) is 24.7 Å². The number of fused-ring (bicyclic) bond motifs is 1. The molecule has 4 N–H and O–H groups in total. The van der Waals surface area contributed by atoms with E-state index in [-0.39, 0.29) is 11.4 Å². The largest absolute Gasteiger partial charge is 0.384 e. The molecule has 0 saturated heterocycles. The van der Waals surface area contributed by atoms with Gasteiger partial charge in [0.2, 0.25) is 10.0 Å². The van der Waals surface area contributed by atoms with Crippen molar-refractivity contribution in [3.63, 3.8) is 0 Å². The second kappa shape index (κ2) is 6.80. The number of rotatable bonds is 5. The van der Waals surface area contributed by atoms with Gasteiger partial charge in [-0.15, -0.1) is 0 Å². The first kappa shape index (κ1) is 19.3. The SMILES string of the molecule is CN(c1cc(C2CCC2)ccc1Nc1cc(N)nc2[nH]n(C)c(=O)c12)S(C)(=O)=O. The molecule has 10 heteroatoms. The minimum absolute atomic E-state index is 0.242. The number of nitrogens with zero attached hydrogens (tertiary/aromatic N) is 3. The van der Waals surface area contributed by atoms with Crippen LogP contribution in [-0.2, 0) is 17.1 Å². The van der Waals surface area contributed by atoms with Crippen molar-refractivity contribution >= 4 is 43.9 Å². The average molecular weight is 417 g/mol. The number of sulfonamides is 1. The summed E-state index contributed by atoms with van der Waals surface area (Å²) < 4.78 is 27.0. The molecule has 154 valence electrons. The summed E-state index contributed by atoms with van der Waals surface area (Å²) in [4.78, 5) is 16.7. The van der Waals surface area contributed by atoms with E-state index in [1.165, 1.54) is 22.5 Å². The smallest absolute Gasteiger partial charge is 0.277 e. The Balaban J connectivity index is 1.85. The van der Waals surface area contributed by atoms with E-state index in [9.17, 15) is 13.2 Å². The molecule has 1 aromatic carbocycles. The Kier molecular flexibility index (Phi) is 4.53. The van der Waals surface area contributed by atoms with Crippen LogP contribution in [0.4, 0.5) is 22.9 Å². The fourth-order valence-corrected chi connectivity index (χ4v) is 4.08. The standard InChI is InChI=1S/C19H24N6O3S/c1-24-19(26)17-14(10-16(20)22-18(17)23-24)21-13-8-7-12(11-5-4-6-11)9-15(13)25(2)29(3,27)28/h7-11H,4-6H2,1-3H3,(H4,20,21,22,23). The van der Waals surface area contributed by atoms with Gasteiger partial charge < -0.3 is 11.1 Å². The quantitative estimate of drug-likeness (QED) is 0.586. The van der Waals surface area contributed by atoms with Gasteiger partial charge in [-0.25, -0.2) is 13.4 Å². The normalized spacial score (nSPS) is 14.7. The van der Waals surface area contributed by atoms with Crippen LogP contribution in [0, 0.1) is 0 Å². The number of aromatic amines is 1. The Bertz CT molecular complexity index is 1260. The highest BCUT2D eigenvalue weighted by atomic mass is 32.2. The number of nitrogens with one attached hydrogen (secondary N) is 2. The average Bonchev–Trinajstić information content (AvgIpc) is 2.87. The Hall–Kier alpha value is -3.01. The van der Waals surface area contributed by atoms with E-state index in [0.29, 0.717) is 34.0 Å². The van der Waals surface area contributed by atoms with Crippen molar-refractivity contribution in [3.05, 3.63) is 40.2 Å². The number of nitrogens with two attached hydrogens (primary N) is 1. The van der Waals surface area contributed by atoms with Crippen molar-refractivity contribution in [2.75, 3.05) is 28.7 Å². The lowest BCUT2D eigenvalue weighted by Gasteiger charge is -2.28. The number of pyridine rings is 1. The minimum Gasteiger partial charge on any atom is -0.384 e. The molecule has 4 rings (SSSR count). The van der Waals surface area contributed by atoms with Crippen molar-refractivity contribution in [1.29, 1.82) is 0 Å². The monoisotopic (exact) mass is 416 g/mol. The van der Waals surface area contributed by atoms with Crippen molar-refractivity contribution in [1.82, 2.24) is 14.8 Å². The molecule has 29 heavy (non-hydrogen) atoms. The highest BCUT2D eigenvalue weighted by molar-refractivity contribution is 7.92. The van der Waals surface area contributed by atoms with Gasteiger partial charge in [0.1, 0.15) is 11.2 Å². The van der Waals surface area contributed by atoms with Gasteiger partial charge >= 0.3 is 0 Å². The molecule has 1 fully saturated rings. The number of nitrogen functional groups attached to an aromatic ring is 1. The van der Waals surface area contributed by atoms with Crippen LogP contribution in [0.5, 0.6) is 0 Å². The zero-order chi connectivity index (χ0) is 20.9. The molecular weight excluding hydrogens is 392 g/mol. The van der Waals surface area contributed by atoms with Crippen LogP contribution in [0.1, 0.15) is 30.7 Å². The maximum Gasteiger partial charge on any atom is 0.277 e. The highest BCUT2D eigenvalue weighted by Gasteiger charge is 2.24. The first-order valence-corrected chi connectivity index (χ1v) is 11.2. The van der Waals surface area contributed by atoms with Crippen molar-refractivity contribution in [2.45, 2.75) is 25.2 Å². The van der Waals surface area contributed by atoms with Gasteiger partial charge in [0.25, 0.3) is 5.56 Å². The van der Waals surface area contributed by atoms with Crippen molar-refractivity contribution in [2.24, 2.45) is 7.05 Å². The number of H-pyrrole nitrogens is 1. The maximum absolute atomic E-state index is 12.5. The zero-order valence-electron chi connectivity index (χ0n) is 16.6. The minimum atomic E-state index is -3.47. The summed E-state index contributed by atoms with van der Waals surface area (Å²) >= 11 is 0. The van der Waals surface area contributed by atoms with Crippen molar-refractivity contribution < 1.29 is 8.42 Å². The molecule has 1 aliphatic rings. The van der Waals surface area contributed by atoms with Gasteiger partial charge in [-0.3, -0.25) is 18.9 Å². The molecule has 0 unspecified atom stereocenters. The molecule has 9 nitrogen and oxygen atoms in total. The zero-order valence-corrected chi connectivity index (χ0v) is 17.4. The number of benzene rings is 1. The second-order valence-electron chi connectivity index (χ2n) is 7.55. The Labute approximate surface area is 168 Å². The summed E-state index contributed by atoms with van der Waals surface area (Å²) in [5, 5.41) is 6.43. The van der Waals surface area contributed by atoms with Crippen LogP contribution in [0.2, 0.25) is 0 Å². The van der Waals surface area contributed by atoms with Gasteiger partial charge in [-0.1, -0.05) is 12.5 Å². The van der Waals surface area contributed by atoms with E-state index < -0.39 is 10.0 Å². The molecule has 2 heterocycles. The van der Waals surface area contributed by atoms with Crippen molar-refractivity contribution in [3.8, 4) is 0 Å². The summed E-state index contributed by atoms with van der Waals surface area (Å²) in [5.74, 6) is 0.696. The van der Waals surface area contributed by atoms with E-state index in [1.54, 1.807) is 13.1 Å². The number of aromatic nitrogens is 3. The van der Waals surface area contributed by atoms with E-state index in [2.05, 4.69) is 15.4 Å². The topological polar surface area (TPSA) is 126 Å². The fourth-order valence-electron chi connectivity index (χ4n) is 3.57. The molecule has 0 atom stereocenters. The molecule has 1 saturated carbocycles. The molecule has 0 radical (unpaired) electrons. The van der Waals surface area contributed by atoms with Crippen LogP contribution in [-0.4, -0.2) is 36.5 Å². The van der Waals surface area contributed by atoms with Crippen LogP contribution in [0.25, 0.3) is 11.0 Å². The third-order valence-electron chi connectivity index (χ3n) is 5.54.